The molecule has 0 amide bonds. The van der Waals surface area contributed by atoms with E-state index in [9.17, 15) is 0 Å². The summed E-state index contributed by atoms with van der Waals surface area (Å²) in [5, 5.41) is 0. The van der Waals surface area contributed by atoms with E-state index in [0.29, 0.717) is 0 Å². The fraction of sp³-hybridized carbons (Fsp3) is 0.455. The molecule has 21 heavy (non-hydrogen) atoms. The molecule has 0 aromatic rings. The van der Waals surface area contributed by atoms with Gasteiger partial charge in [-0.25, -0.2) is 0 Å². The maximum Gasteiger partial charge on any atom is 0.673 e. The summed E-state index contributed by atoms with van der Waals surface area (Å²) in [5.74, 6) is 0. The summed E-state index contributed by atoms with van der Waals surface area (Å²) in [6.45, 7) is 11.3. The third-order valence-electron chi connectivity index (χ3n) is 2.76. The van der Waals surface area contributed by atoms with Gasteiger partial charge in [0, 0.05) is 35.5 Å². The van der Waals surface area contributed by atoms with Gasteiger partial charge in [0.15, 0.2) is 0 Å². The van der Waals surface area contributed by atoms with Gasteiger partial charge < -0.3 is 30.4 Å². The molecule has 0 saturated carbocycles. The minimum Gasteiger partial charge on any atom is -0.383 e. The highest BCUT2D eigenvalue weighted by Crippen LogP contribution is 2.24. The molecular weight excluding hydrogens is 328 g/mol. The Morgan fingerprint density at radius 3 is 1.14 bits per heavy atom. The third kappa shape index (κ3) is 4.79. The zero-order valence-electron chi connectivity index (χ0n) is 13.2. The molecular formula is C11H24O7Si3. The SMILES string of the molecule is C=C[Si](C=C)(C=C)O[Si](OC)(OC)O[Si](OC)(OC)OC. The van der Waals surface area contributed by atoms with Crippen LogP contribution in [0.2, 0.25) is 0 Å². The Labute approximate surface area is 129 Å². The average molecular weight is 353 g/mol. The zero-order valence-corrected chi connectivity index (χ0v) is 16.2. The Bertz CT molecular complexity index is 326. The van der Waals surface area contributed by atoms with Gasteiger partial charge in [-0.1, -0.05) is 17.1 Å². The van der Waals surface area contributed by atoms with Crippen LogP contribution in [0, 0.1) is 0 Å². The summed E-state index contributed by atoms with van der Waals surface area (Å²) in [6, 6.07) is 0. The predicted molar refractivity (Wildman–Crippen MR) is 85.1 cm³/mol. The Morgan fingerprint density at radius 1 is 0.571 bits per heavy atom. The summed E-state index contributed by atoms with van der Waals surface area (Å²) in [7, 11) is -2.70. The van der Waals surface area contributed by atoms with Crippen LogP contribution in [-0.4, -0.2) is 62.0 Å². The standard InChI is InChI=1S/C11H24O7Si3/c1-9-19(10-2,11-3)17-21(15-7,16-8)18-20(12-4,13-5)14-6/h9-11H,1-3H2,4-8H3. The lowest BCUT2D eigenvalue weighted by Gasteiger charge is -2.36. The molecule has 7 nitrogen and oxygen atoms in total. The highest BCUT2D eigenvalue weighted by Gasteiger charge is 2.59. The highest BCUT2D eigenvalue weighted by molar-refractivity contribution is 6.92. The van der Waals surface area contributed by atoms with Crippen LogP contribution < -0.4 is 0 Å². The molecule has 0 fully saturated rings. The quantitative estimate of drug-likeness (QED) is 0.490. The van der Waals surface area contributed by atoms with Gasteiger partial charge in [0.05, 0.1) is 0 Å². The molecule has 0 bridgehead atoms. The smallest absolute Gasteiger partial charge is 0.383 e. The van der Waals surface area contributed by atoms with Crippen LogP contribution in [0.3, 0.4) is 0 Å². The molecule has 0 radical (unpaired) electrons. The fourth-order valence-corrected chi connectivity index (χ4v) is 9.39. The monoisotopic (exact) mass is 352 g/mol. The first kappa shape index (κ1) is 20.6. The van der Waals surface area contributed by atoms with Crippen LogP contribution >= 0.6 is 0 Å². The largest absolute Gasteiger partial charge is 0.673 e. The Balaban J connectivity index is 5.57. The fourth-order valence-electron chi connectivity index (χ4n) is 1.39. The minimum absolute atomic E-state index is 1.41. The van der Waals surface area contributed by atoms with Crippen LogP contribution in [0.25, 0.3) is 0 Å². The van der Waals surface area contributed by atoms with Crippen molar-refractivity contribution < 1.29 is 30.4 Å². The first-order valence-corrected chi connectivity index (χ1v) is 11.4. The van der Waals surface area contributed by atoms with E-state index < -0.39 is 26.4 Å². The topological polar surface area (TPSA) is 64.6 Å². The normalized spacial score (nSPS) is 13.0. The van der Waals surface area contributed by atoms with Gasteiger partial charge in [-0.15, -0.1) is 19.7 Å². The van der Waals surface area contributed by atoms with Crippen molar-refractivity contribution in [1.82, 2.24) is 0 Å². The van der Waals surface area contributed by atoms with Crippen molar-refractivity contribution in [2.24, 2.45) is 0 Å². The van der Waals surface area contributed by atoms with Crippen LogP contribution in [-0.2, 0) is 30.4 Å². The van der Waals surface area contributed by atoms with Crippen molar-refractivity contribution in [3.63, 3.8) is 0 Å². The van der Waals surface area contributed by atoms with Gasteiger partial charge in [0.1, 0.15) is 0 Å². The maximum atomic E-state index is 5.98. The van der Waals surface area contributed by atoms with Gasteiger partial charge in [-0.05, 0) is 0 Å². The van der Waals surface area contributed by atoms with Gasteiger partial charge in [0.2, 0.25) is 0 Å². The second-order valence-corrected chi connectivity index (χ2v) is 12.3. The molecule has 0 saturated heterocycles. The molecule has 0 aromatic carbocycles. The first-order valence-electron chi connectivity index (χ1n) is 5.97. The van der Waals surface area contributed by atoms with Gasteiger partial charge >= 0.3 is 18.1 Å². The van der Waals surface area contributed by atoms with Crippen LogP contribution in [0.15, 0.2) is 36.8 Å². The molecule has 0 atom stereocenters. The summed E-state index contributed by atoms with van der Waals surface area (Å²) in [6.07, 6.45) is 0. The summed E-state index contributed by atoms with van der Waals surface area (Å²) >= 11 is 0. The molecule has 0 aliphatic rings. The number of rotatable bonds is 12. The summed E-state index contributed by atoms with van der Waals surface area (Å²) in [5.41, 5.74) is 4.89. The number of hydrogen-bond acceptors (Lipinski definition) is 7. The lowest BCUT2D eigenvalue weighted by molar-refractivity contribution is -0.0126. The van der Waals surface area contributed by atoms with Gasteiger partial charge in [-0.2, -0.15) is 0 Å². The predicted octanol–water partition coefficient (Wildman–Crippen LogP) is 1.24. The summed E-state index contributed by atoms with van der Waals surface area (Å²) in [4.78, 5) is 0. The van der Waals surface area contributed by atoms with Gasteiger partial charge in [0.25, 0.3) is 8.32 Å². The van der Waals surface area contributed by atoms with Crippen molar-refractivity contribution in [1.29, 1.82) is 0 Å². The van der Waals surface area contributed by atoms with E-state index in [2.05, 4.69) is 19.7 Å². The van der Waals surface area contributed by atoms with Gasteiger partial charge in [-0.3, -0.25) is 0 Å². The average Bonchev–Trinajstić information content (AvgIpc) is 2.57. The Hall–Kier alpha value is -0.409. The third-order valence-corrected chi connectivity index (χ3v) is 11.6. The van der Waals surface area contributed by atoms with E-state index in [1.54, 1.807) is 17.1 Å². The van der Waals surface area contributed by atoms with Crippen molar-refractivity contribution in [2.75, 3.05) is 35.5 Å². The Morgan fingerprint density at radius 2 is 0.905 bits per heavy atom. The maximum absolute atomic E-state index is 5.98. The van der Waals surface area contributed by atoms with Crippen molar-refractivity contribution >= 4 is 26.4 Å². The zero-order chi connectivity index (χ0) is 16.6. The second kappa shape index (κ2) is 8.89. The van der Waals surface area contributed by atoms with E-state index in [1.807, 2.05) is 0 Å². The first-order chi connectivity index (χ1) is 9.90. The molecule has 10 heteroatoms. The molecule has 122 valence electrons. The molecule has 0 N–H and O–H groups in total. The summed E-state index contributed by atoms with van der Waals surface area (Å²) < 4.78 is 38.1. The van der Waals surface area contributed by atoms with Crippen LogP contribution in [0.1, 0.15) is 0 Å². The molecule has 0 heterocycles. The number of hydrogen-bond donors (Lipinski definition) is 0. The lowest BCUT2D eigenvalue weighted by Crippen LogP contribution is -2.63. The van der Waals surface area contributed by atoms with Crippen LogP contribution in [0.5, 0.6) is 0 Å². The van der Waals surface area contributed by atoms with E-state index in [1.165, 1.54) is 35.5 Å². The molecule has 0 unspecified atom stereocenters. The van der Waals surface area contributed by atoms with Crippen LogP contribution in [0.4, 0.5) is 0 Å². The van der Waals surface area contributed by atoms with Crippen molar-refractivity contribution in [2.45, 2.75) is 0 Å². The van der Waals surface area contributed by atoms with E-state index in [0.717, 1.165) is 0 Å². The lowest BCUT2D eigenvalue weighted by atomic mass is 11.2. The minimum atomic E-state index is -3.61. The molecule has 0 rings (SSSR count). The second-order valence-electron chi connectivity index (χ2n) is 3.69. The molecule has 0 spiro atoms. The molecule has 0 aliphatic heterocycles. The van der Waals surface area contributed by atoms with E-state index >= 15 is 0 Å². The Kier molecular flexibility index (Phi) is 8.72. The van der Waals surface area contributed by atoms with Crippen molar-refractivity contribution in [3.8, 4) is 0 Å². The molecule has 0 aliphatic carbocycles. The molecule has 0 aromatic heterocycles. The van der Waals surface area contributed by atoms with Crippen molar-refractivity contribution in [3.05, 3.63) is 36.8 Å². The van der Waals surface area contributed by atoms with E-state index in [-0.39, 0.29) is 0 Å². The van der Waals surface area contributed by atoms with E-state index in [4.69, 9.17) is 30.4 Å². The highest BCUT2D eigenvalue weighted by atomic mass is 28.5.